The first-order chi connectivity index (χ1) is 13.4. The minimum Gasteiger partial charge on any atom is -0.496 e. The number of benzene rings is 1. The number of carbonyl (C=O) groups is 1. The lowest BCUT2D eigenvalue weighted by Gasteiger charge is -2.32. The van der Waals surface area contributed by atoms with E-state index in [0.717, 1.165) is 37.7 Å². The van der Waals surface area contributed by atoms with Gasteiger partial charge in [-0.05, 0) is 56.4 Å². The van der Waals surface area contributed by atoms with E-state index < -0.39 is 10.0 Å². The minimum atomic E-state index is -3.62. The van der Waals surface area contributed by atoms with Crippen molar-refractivity contribution in [2.75, 3.05) is 20.2 Å². The summed E-state index contributed by atoms with van der Waals surface area (Å²) in [6, 6.07) is 5.15. The molecule has 7 heteroatoms. The molecule has 156 valence electrons. The van der Waals surface area contributed by atoms with Crippen molar-refractivity contribution >= 4 is 15.9 Å². The van der Waals surface area contributed by atoms with Crippen LogP contribution >= 0.6 is 0 Å². The molecule has 28 heavy (non-hydrogen) atoms. The molecule has 0 unspecified atom stereocenters. The van der Waals surface area contributed by atoms with E-state index in [9.17, 15) is 13.2 Å². The number of piperidine rings is 1. The maximum absolute atomic E-state index is 13.1. The Balaban J connectivity index is 1.67. The van der Waals surface area contributed by atoms with Crippen molar-refractivity contribution < 1.29 is 17.9 Å². The van der Waals surface area contributed by atoms with E-state index in [1.54, 1.807) is 25.3 Å². The van der Waals surface area contributed by atoms with E-state index in [1.165, 1.54) is 17.1 Å². The highest BCUT2D eigenvalue weighted by Crippen LogP contribution is 2.27. The van der Waals surface area contributed by atoms with Crippen LogP contribution in [0.4, 0.5) is 0 Å². The van der Waals surface area contributed by atoms with Crippen LogP contribution in [0.5, 0.6) is 5.75 Å². The number of sulfonamides is 1. The second kappa shape index (κ2) is 9.27. The van der Waals surface area contributed by atoms with Gasteiger partial charge in [0.2, 0.25) is 15.9 Å². The van der Waals surface area contributed by atoms with Gasteiger partial charge in [-0.2, -0.15) is 4.31 Å². The number of nitrogens with zero attached hydrogens (tertiary/aromatic N) is 1. The summed E-state index contributed by atoms with van der Waals surface area (Å²) in [6.45, 7) is 2.55. The number of hydrogen-bond donors (Lipinski definition) is 1. The number of rotatable bonds is 5. The molecule has 2 fully saturated rings. The molecule has 0 aromatic heterocycles. The monoisotopic (exact) mass is 408 g/mol. The summed E-state index contributed by atoms with van der Waals surface area (Å²) in [4.78, 5) is 13.0. The largest absolute Gasteiger partial charge is 0.496 e. The predicted octanol–water partition coefficient (Wildman–Crippen LogP) is 3.24. The highest BCUT2D eigenvalue weighted by atomic mass is 32.2. The molecule has 1 atom stereocenters. The van der Waals surface area contributed by atoms with E-state index in [4.69, 9.17) is 4.74 Å². The minimum absolute atomic E-state index is 0.0118. The zero-order chi connectivity index (χ0) is 20.1. The topological polar surface area (TPSA) is 75.7 Å². The van der Waals surface area contributed by atoms with Crippen LogP contribution in [-0.4, -0.2) is 44.9 Å². The van der Waals surface area contributed by atoms with Gasteiger partial charge in [-0.3, -0.25) is 4.79 Å². The Morgan fingerprint density at radius 2 is 1.82 bits per heavy atom. The summed E-state index contributed by atoms with van der Waals surface area (Å²) >= 11 is 0. The van der Waals surface area contributed by atoms with Gasteiger partial charge < -0.3 is 10.1 Å². The fourth-order valence-corrected chi connectivity index (χ4v) is 5.89. The van der Waals surface area contributed by atoms with Crippen LogP contribution in [0.25, 0.3) is 0 Å². The highest BCUT2D eigenvalue weighted by Gasteiger charge is 2.34. The van der Waals surface area contributed by atoms with E-state index >= 15 is 0 Å². The number of carbonyl (C=O) groups excluding carboxylic acids is 1. The van der Waals surface area contributed by atoms with Gasteiger partial charge in [0.05, 0.1) is 17.9 Å². The zero-order valence-electron chi connectivity index (χ0n) is 16.9. The molecule has 1 N–H and O–H groups in total. The Bertz CT molecular complexity index is 786. The molecular weight excluding hydrogens is 376 g/mol. The molecule has 1 aromatic carbocycles. The second-order valence-corrected chi connectivity index (χ2v) is 9.97. The molecule has 1 aromatic rings. The Morgan fingerprint density at radius 3 is 2.46 bits per heavy atom. The lowest BCUT2D eigenvalue weighted by atomic mass is 9.97. The van der Waals surface area contributed by atoms with Crippen LogP contribution in [0.15, 0.2) is 23.1 Å². The van der Waals surface area contributed by atoms with Crippen LogP contribution in [-0.2, 0) is 14.8 Å². The van der Waals surface area contributed by atoms with Crippen molar-refractivity contribution in [1.29, 1.82) is 0 Å². The van der Waals surface area contributed by atoms with E-state index in [0.29, 0.717) is 18.7 Å². The average Bonchev–Trinajstić information content (AvgIpc) is 2.96. The number of methoxy groups -OCH3 is 1. The first-order valence-corrected chi connectivity index (χ1v) is 11.8. The molecule has 1 saturated heterocycles. The smallest absolute Gasteiger partial charge is 0.243 e. The SMILES string of the molecule is COc1ccc(S(=O)(=O)N2CCC[C@@H](C(=O)NC3CCCCCC3)C2)cc1C. The maximum Gasteiger partial charge on any atom is 0.243 e. The van der Waals surface area contributed by atoms with Gasteiger partial charge in [0.1, 0.15) is 5.75 Å². The molecule has 1 aliphatic carbocycles. The van der Waals surface area contributed by atoms with E-state index in [-0.39, 0.29) is 29.3 Å². The van der Waals surface area contributed by atoms with Gasteiger partial charge in [-0.1, -0.05) is 25.7 Å². The Kier molecular flexibility index (Phi) is 6.99. The Hall–Kier alpha value is -1.60. The molecule has 2 aliphatic rings. The van der Waals surface area contributed by atoms with Gasteiger partial charge >= 0.3 is 0 Å². The van der Waals surface area contributed by atoms with Crippen molar-refractivity contribution in [2.45, 2.75) is 69.2 Å². The number of hydrogen-bond acceptors (Lipinski definition) is 4. The molecule has 1 amide bonds. The summed E-state index contributed by atoms with van der Waals surface area (Å²) < 4.78 is 32.9. The van der Waals surface area contributed by atoms with Crippen LogP contribution in [0.1, 0.15) is 56.9 Å². The maximum atomic E-state index is 13.1. The average molecular weight is 409 g/mol. The van der Waals surface area contributed by atoms with E-state index in [1.807, 2.05) is 6.92 Å². The fourth-order valence-electron chi connectivity index (χ4n) is 4.28. The third-order valence-corrected chi connectivity index (χ3v) is 7.82. The van der Waals surface area contributed by atoms with Gasteiger partial charge in [-0.15, -0.1) is 0 Å². The zero-order valence-corrected chi connectivity index (χ0v) is 17.8. The molecule has 0 bridgehead atoms. The molecule has 6 nitrogen and oxygen atoms in total. The lowest BCUT2D eigenvalue weighted by molar-refractivity contribution is -0.126. The number of amides is 1. The van der Waals surface area contributed by atoms with Crippen LogP contribution in [0, 0.1) is 12.8 Å². The van der Waals surface area contributed by atoms with Crippen molar-refractivity contribution in [3.63, 3.8) is 0 Å². The molecule has 1 heterocycles. The normalized spacial score (nSPS) is 22.4. The van der Waals surface area contributed by atoms with Crippen molar-refractivity contribution in [3.05, 3.63) is 23.8 Å². The van der Waals surface area contributed by atoms with Gasteiger partial charge in [0, 0.05) is 19.1 Å². The third-order valence-electron chi connectivity index (χ3n) is 5.96. The summed E-state index contributed by atoms with van der Waals surface area (Å²) in [6.07, 6.45) is 8.31. The quantitative estimate of drug-likeness (QED) is 0.759. The lowest BCUT2D eigenvalue weighted by Crippen LogP contribution is -2.47. The van der Waals surface area contributed by atoms with E-state index in [2.05, 4.69) is 5.32 Å². The van der Waals surface area contributed by atoms with Crippen molar-refractivity contribution in [2.24, 2.45) is 5.92 Å². The molecule has 1 aliphatic heterocycles. The van der Waals surface area contributed by atoms with Crippen LogP contribution in [0.3, 0.4) is 0 Å². The molecule has 3 rings (SSSR count). The third kappa shape index (κ3) is 4.87. The molecule has 0 spiro atoms. The first-order valence-electron chi connectivity index (χ1n) is 10.4. The predicted molar refractivity (Wildman–Crippen MR) is 109 cm³/mol. The standard InChI is InChI=1S/C21H32N2O4S/c1-16-14-19(11-12-20(16)27-2)28(25,26)23-13-7-8-17(15-23)21(24)22-18-9-5-3-4-6-10-18/h11-12,14,17-18H,3-10,13,15H2,1-2H3,(H,22,24)/t17-/m1/s1. The summed E-state index contributed by atoms with van der Waals surface area (Å²) in [5.74, 6) is 0.405. The van der Waals surface area contributed by atoms with Crippen LogP contribution < -0.4 is 10.1 Å². The summed E-state index contributed by atoms with van der Waals surface area (Å²) in [5.41, 5.74) is 0.781. The van der Waals surface area contributed by atoms with Crippen LogP contribution in [0.2, 0.25) is 0 Å². The molecule has 0 radical (unpaired) electrons. The Labute approximate surface area is 168 Å². The van der Waals surface area contributed by atoms with Gasteiger partial charge in [0.15, 0.2) is 0 Å². The Morgan fingerprint density at radius 1 is 1.11 bits per heavy atom. The van der Waals surface area contributed by atoms with Gasteiger partial charge in [0.25, 0.3) is 0 Å². The number of nitrogens with one attached hydrogen (secondary N) is 1. The van der Waals surface area contributed by atoms with Crippen molar-refractivity contribution in [3.8, 4) is 5.75 Å². The van der Waals surface area contributed by atoms with Gasteiger partial charge in [-0.25, -0.2) is 8.42 Å². The number of aryl methyl sites for hydroxylation is 1. The first kappa shape index (κ1) is 21.1. The highest BCUT2D eigenvalue weighted by molar-refractivity contribution is 7.89. The fraction of sp³-hybridized carbons (Fsp3) is 0.667. The summed E-state index contributed by atoms with van der Waals surface area (Å²) in [7, 11) is -2.05. The van der Waals surface area contributed by atoms with Crippen molar-refractivity contribution in [1.82, 2.24) is 9.62 Å². The second-order valence-electron chi connectivity index (χ2n) is 8.03. The summed E-state index contributed by atoms with van der Waals surface area (Å²) in [5, 5.41) is 3.19. The molecular formula is C21H32N2O4S. The molecule has 1 saturated carbocycles. The number of ether oxygens (including phenoxy) is 1.